The van der Waals surface area contributed by atoms with Crippen molar-refractivity contribution in [2.45, 2.75) is 86.1 Å². The first-order chi connectivity index (χ1) is 9.39. The summed E-state index contributed by atoms with van der Waals surface area (Å²) in [5, 5.41) is 0. The second-order valence-corrected chi connectivity index (χ2v) is 6.63. The summed E-state index contributed by atoms with van der Waals surface area (Å²) in [4.78, 5) is 5.02. The average molecular weight is 287 g/mol. The zero-order chi connectivity index (χ0) is 15.6. The van der Waals surface area contributed by atoms with Gasteiger partial charge in [0.2, 0.25) is 0 Å². The van der Waals surface area contributed by atoms with Gasteiger partial charge in [0.15, 0.2) is 6.35 Å². The number of rotatable bonds is 11. The van der Waals surface area contributed by atoms with Crippen LogP contribution in [0, 0.1) is 0 Å². The summed E-state index contributed by atoms with van der Waals surface area (Å²) in [6.07, 6.45) is 4.83. The maximum atomic E-state index is 6.42. The van der Waals surface area contributed by atoms with Crippen LogP contribution in [0.5, 0.6) is 0 Å². The molecular weight excluding hydrogens is 248 g/mol. The number of hydrogen-bond acceptors (Lipinski definition) is 3. The minimum Gasteiger partial charge on any atom is -0.344 e. The van der Waals surface area contributed by atoms with Crippen LogP contribution in [0.25, 0.3) is 0 Å². The van der Waals surface area contributed by atoms with E-state index in [4.69, 9.17) is 4.74 Å². The predicted octanol–water partition coefficient (Wildman–Crippen LogP) is 4.33. The summed E-state index contributed by atoms with van der Waals surface area (Å²) < 4.78 is 6.42. The van der Waals surface area contributed by atoms with E-state index in [1.807, 2.05) is 0 Å². The van der Waals surface area contributed by atoms with E-state index in [-0.39, 0.29) is 12.0 Å². The van der Waals surface area contributed by atoms with E-state index < -0.39 is 0 Å². The van der Waals surface area contributed by atoms with E-state index in [2.05, 4.69) is 58.3 Å². The highest BCUT2D eigenvalue weighted by Gasteiger charge is 2.28. The molecule has 0 saturated heterocycles. The van der Waals surface area contributed by atoms with E-state index in [0.717, 1.165) is 26.2 Å². The largest absolute Gasteiger partial charge is 0.344 e. The highest BCUT2D eigenvalue weighted by Crippen LogP contribution is 2.19. The maximum Gasteiger partial charge on any atom is 0.169 e. The molecule has 3 nitrogen and oxygen atoms in total. The standard InChI is InChI=1S/C17H38N2O/c1-8-12-18(13-9-2)16(20-17(5,6)7)19(14-10-3)15-11-4/h16H,8-15H2,1-7H3. The molecule has 3 heteroatoms. The van der Waals surface area contributed by atoms with Gasteiger partial charge in [-0.15, -0.1) is 0 Å². The van der Waals surface area contributed by atoms with Crippen LogP contribution in [0.2, 0.25) is 0 Å². The van der Waals surface area contributed by atoms with E-state index >= 15 is 0 Å². The summed E-state index contributed by atoms with van der Waals surface area (Å²) in [5.74, 6) is 0. The molecule has 0 unspecified atom stereocenters. The normalized spacial score (nSPS) is 12.9. The first-order valence-corrected chi connectivity index (χ1v) is 8.55. The van der Waals surface area contributed by atoms with Crippen LogP contribution in [0.3, 0.4) is 0 Å². The van der Waals surface area contributed by atoms with Crippen molar-refractivity contribution >= 4 is 0 Å². The summed E-state index contributed by atoms with van der Waals surface area (Å²) in [5.41, 5.74) is -0.107. The molecule has 0 aliphatic heterocycles. The van der Waals surface area contributed by atoms with E-state index in [9.17, 15) is 0 Å². The predicted molar refractivity (Wildman–Crippen MR) is 88.9 cm³/mol. The van der Waals surface area contributed by atoms with E-state index in [1.54, 1.807) is 0 Å². The molecular formula is C17H38N2O. The molecule has 0 aromatic heterocycles. The number of ether oxygens (including phenoxy) is 1. The molecule has 0 heterocycles. The quantitative estimate of drug-likeness (QED) is 0.526. The Kier molecular flexibility index (Phi) is 10.5. The fourth-order valence-corrected chi connectivity index (χ4v) is 2.51. The number of hydrogen-bond donors (Lipinski definition) is 0. The van der Waals surface area contributed by atoms with Crippen LogP contribution < -0.4 is 0 Å². The van der Waals surface area contributed by atoms with Crippen molar-refractivity contribution in [3.63, 3.8) is 0 Å². The van der Waals surface area contributed by atoms with Gasteiger partial charge >= 0.3 is 0 Å². The zero-order valence-electron chi connectivity index (χ0n) is 15.0. The van der Waals surface area contributed by atoms with Gasteiger partial charge in [-0.2, -0.15) is 0 Å². The van der Waals surface area contributed by atoms with Crippen molar-refractivity contribution < 1.29 is 4.74 Å². The van der Waals surface area contributed by atoms with E-state index in [0.29, 0.717) is 0 Å². The Bertz CT molecular complexity index is 198. The topological polar surface area (TPSA) is 15.7 Å². The van der Waals surface area contributed by atoms with Gasteiger partial charge in [-0.25, -0.2) is 0 Å². The molecule has 0 N–H and O–H groups in total. The molecule has 0 saturated carbocycles. The Labute approximate surface area is 127 Å². The Morgan fingerprint density at radius 3 is 1.20 bits per heavy atom. The zero-order valence-corrected chi connectivity index (χ0v) is 15.0. The van der Waals surface area contributed by atoms with Crippen molar-refractivity contribution in [1.29, 1.82) is 0 Å². The Morgan fingerprint density at radius 2 is 1.00 bits per heavy atom. The van der Waals surface area contributed by atoms with Crippen molar-refractivity contribution in [2.75, 3.05) is 26.2 Å². The molecule has 0 aliphatic carbocycles. The van der Waals surface area contributed by atoms with Gasteiger partial charge in [0.1, 0.15) is 0 Å². The lowest BCUT2D eigenvalue weighted by Crippen LogP contribution is -2.53. The second-order valence-electron chi connectivity index (χ2n) is 6.63. The lowest BCUT2D eigenvalue weighted by molar-refractivity contribution is -0.205. The van der Waals surface area contributed by atoms with Crippen LogP contribution in [-0.4, -0.2) is 47.9 Å². The molecule has 20 heavy (non-hydrogen) atoms. The molecule has 0 radical (unpaired) electrons. The van der Waals surface area contributed by atoms with Gasteiger partial charge < -0.3 is 4.74 Å². The Morgan fingerprint density at radius 1 is 0.700 bits per heavy atom. The maximum absolute atomic E-state index is 6.42. The van der Waals surface area contributed by atoms with Crippen molar-refractivity contribution in [3.05, 3.63) is 0 Å². The fraction of sp³-hybridized carbons (Fsp3) is 1.00. The SMILES string of the molecule is CCCN(CCC)C(OC(C)(C)C)N(CCC)CCC. The molecule has 0 aliphatic rings. The molecule has 0 fully saturated rings. The van der Waals surface area contributed by atoms with Crippen LogP contribution in [-0.2, 0) is 4.74 Å². The first kappa shape index (κ1) is 19.9. The van der Waals surface area contributed by atoms with Crippen molar-refractivity contribution in [1.82, 2.24) is 9.80 Å². The minimum absolute atomic E-state index is 0.107. The molecule has 0 aromatic rings. The third kappa shape index (κ3) is 8.23. The van der Waals surface area contributed by atoms with Gasteiger partial charge in [0.05, 0.1) is 5.60 Å². The Balaban J connectivity index is 5.06. The third-order valence-corrected chi connectivity index (χ3v) is 3.13. The second kappa shape index (κ2) is 10.6. The molecule has 122 valence electrons. The van der Waals surface area contributed by atoms with Crippen LogP contribution >= 0.6 is 0 Å². The highest BCUT2D eigenvalue weighted by molar-refractivity contribution is 4.71. The van der Waals surface area contributed by atoms with Gasteiger partial charge in [0, 0.05) is 26.2 Å². The van der Waals surface area contributed by atoms with Gasteiger partial charge in [-0.3, -0.25) is 9.80 Å². The van der Waals surface area contributed by atoms with Gasteiger partial charge in [-0.1, -0.05) is 27.7 Å². The van der Waals surface area contributed by atoms with E-state index in [1.165, 1.54) is 25.7 Å². The lowest BCUT2D eigenvalue weighted by Gasteiger charge is -2.42. The average Bonchev–Trinajstić information content (AvgIpc) is 2.34. The summed E-state index contributed by atoms with van der Waals surface area (Å²) >= 11 is 0. The molecule has 0 atom stereocenters. The monoisotopic (exact) mass is 286 g/mol. The Hall–Kier alpha value is -0.120. The van der Waals surface area contributed by atoms with Crippen molar-refractivity contribution in [3.8, 4) is 0 Å². The van der Waals surface area contributed by atoms with Gasteiger partial charge in [0.25, 0.3) is 0 Å². The minimum atomic E-state index is -0.107. The van der Waals surface area contributed by atoms with Crippen molar-refractivity contribution in [2.24, 2.45) is 0 Å². The molecule has 0 rings (SSSR count). The lowest BCUT2D eigenvalue weighted by atomic mass is 10.2. The first-order valence-electron chi connectivity index (χ1n) is 8.55. The fourth-order valence-electron chi connectivity index (χ4n) is 2.51. The van der Waals surface area contributed by atoms with Crippen LogP contribution in [0.15, 0.2) is 0 Å². The molecule has 0 spiro atoms. The molecule has 0 aromatic carbocycles. The molecule has 0 bridgehead atoms. The highest BCUT2D eigenvalue weighted by atomic mass is 16.5. The molecule has 0 amide bonds. The van der Waals surface area contributed by atoms with Crippen LogP contribution in [0.4, 0.5) is 0 Å². The van der Waals surface area contributed by atoms with Crippen LogP contribution in [0.1, 0.15) is 74.1 Å². The summed E-state index contributed by atoms with van der Waals surface area (Å²) in [7, 11) is 0. The van der Waals surface area contributed by atoms with Gasteiger partial charge in [-0.05, 0) is 46.5 Å². The smallest absolute Gasteiger partial charge is 0.169 e. The third-order valence-electron chi connectivity index (χ3n) is 3.13. The summed E-state index contributed by atoms with van der Waals surface area (Å²) in [6.45, 7) is 19.9. The number of nitrogens with zero attached hydrogens (tertiary/aromatic N) is 2. The summed E-state index contributed by atoms with van der Waals surface area (Å²) in [6, 6.07) is 0.